The van der Waals surface area contributed by atoms with Gasteiger partial charge in [0.25, 0.3) is 0 Å². The molecule has 0 saturated heterocycles. The molecule has 0 aromatic heterocycles. The highest BCUT2D eigenvalue weighted by Crippen LogP contribution is 2.18. The molecule has 15 heavy (non-hydrogen) atoms. The molecule has 0 aliphatic carbocycles. The van der Waals surface area contributed by atoms with Gasteiger partial charge in [0.2, 0.25) is 0 Å². The first-order valence-electron chi connectivity index (χ1n) is 5.01. The Balaban J connectivity index is 2.92. The van der Waals surface area contributed by atoms with Crippen LogP contribution in [0, 0.1) is 0 Å². The topological polar surface area (TPSA) is 12.0 Å². The highest BCUT2D eigenvalue weighted by Gasteiger charge is 2.00. The van der Waals surface area contributed by atoms with E-state index in [-0.39, 0.29) is 0 Å². The second-order valence-electron chi connectivity index (χ2n) is 3.27. The number of allylic oxidation sites excluding steroid dienone is 4. The highest BCUT2D eigenvalue weighted by atomic mass is 14.8. The molecular formula is C14H17N. The first-order valence-corrected chi connectivity index (χ1v) is 5.01. The molecule has 0 aliphatic rings. The zero-order chi connectivity index (χ0) is 11.1. The Kier molecular flexibility index (Phi) is 4.42. The van der Waals surface area contributed by atoms with Gasteiger partial charge in [-0.15, -0.1) is 0 Å². The van der Waals surface area contributed by atoms with Crippen molar-refractivity contribution in [3.63, 3.8) is 0 Å². The Morgan fingerprint density at radius 1 is 1.33 bits per heavy atom. The van der Waals surface area contributed by atoms with Gasteiger partial charge in [0.1, 0.15) is 0 Å². The molecule has 1 N–H and O–H groups in total. The summed E-state index contributed by atoms with van der Waals surface area (Å²) in [6.45, 7) is 7.49. The van der Waals surface area contributed by atoms with Crippen LogP contribution in [0.2, 0.25) is 0 Å². The average Bonchev–Trinajstić information content (AvgIpc) is 2.29. The first kappa shape index (κ1) is 11.3. The van der Waals surface area contributed by atoms with Crippen LogP contribution in [0.25, 0.3) is 0 Å². The van der Waals surface area contributed by atoms with Crippen molar-refractivity contribution in [3.05, 3.63) is 66.8 Å². The molecule has 0 saturated carbocycles. The number of para-hydroxylation sites is 1. The molecule has 1 heteroatoms. The van der Waals surface area contributed by atoms with E-state index in [0.29, 0.717) is 0 Å². The van der Waals surface area contributed by atoms with Gasteiger partial charge in [0.15, 0.2) is 0 Å². The Labute approximate surface area is 91.8 Å². The van der Waals surface area contributed by atoms with Crippen LogP contribution in [0.1, 0.15) is 5.56 Å². The lowest BCUT2D eigenvalue weighted by Gasteiger charge is -2.08. The number of rotatable bonds is 5. The molecule has 0 amide bonds. The minimum atomic E-state index is 0.881. The van der Waals surface area contributed by atoms with Crippen molar-refractivity contribution in [2.45, 2.75) is 6.42 Å². The van der Waals surface area contributed by atoms with Gasteiger partial charge in [-0.3, -0.25) is 0 Å². The molecule has 78 valence electrons. The van der Waals surface area contributed by atoms with E-state index < -0.39 is 0 Å². The standard InChI is InChI=1S/C14H17N/c1-4-8-12(5-2)11-13-9-6-7-10-14(13)15-3/h4-10,15H,1-2,11H2,3H3/b12-8+. The van der Waals surface area contributed by atoms with Gasteiger partial charge in [0, 0.05) is 12.7 Å². The first-order chi connectivity index (χ1) is 7.31. The smallest absolute Gasteiger partial charge is 0.0373 e. The molecule has 0 heterocycles. The second kappa shape index (κ2) is 5.86. The van der Waals surface area contributed by atoms with Gasteiger partial charge < -0.3 is 5.32 Å². The number of nitrogens with one attached hydrogen (secondary N) is 1. The summed E-state index contributed by atoms with van der Waals surface area (Å²) >= 11 is 0. The number of hydrogen-bond donors (Lipinski definition) is 1. The van der Waals surface area contributed by atoms with Crippen molar-refractivity contribution in [2.24, 2.45) is 0 Å². The summed E-state index contributed by atoms with van der Waals surface area (Å²) in [5.74, 6) is 0. The Morgan fingerprint density at radius 3 is 2.67 bits per heavy atom. The lowest BCUT2D eigenvalue weighted by Crippen LogP contribution is -1.96. The van der Waals surface area contributed by atoms with Crippen LogP contribution in [-0.4, -0.2) is 7.05 Å². The van der Waals surface area contributed by atoms with Gasteiger partial charge in [-0.25, -0.2) is 0 Å². The molecule has 0 bridgehead atoms. The molecule has 0 radical (unpaired) electrons. The quantitative estimate of drug-likeness (QED) is 0.715. The van der Waals surface area contributed by atoms with Crippen molar-refractivity contribution in [3.8, 4) is 0 Å². The van der Waals surface area contributed by atoms with E-state index in [2.05, 4.69) is 30.6 Å². The van der Waals surface area contributed by atoms with Gasteiger partial charge >= 0.3 is 0 Å². The van der Waals surface area contributed by atoms with Gasteiger partial charge in [0.05, 0.1) is 0 Å². The van der Waals surface area contributed by atoms with Crippen molar-refractivity contribution < 1.29 is 0 Å². The third-order valence-corrected chi connectivity index (χ3v) is 2.28. The number of benzene rings is 1. The van der Waals surface area contributed by atoms with Gasteiger partial charge in [-0.1, -0.05) is 49.6 Å². The molecule has 1 nitrogen and oxygen atoms in total. The van der Waals surface area contributed by atoms with Crippen molar-refractivity contribution >= 4 is 5.69 Å². The molecule has 0 unspecified atom stereocenters. The zero-order valence-corrected chi connectivity index (χ0v) is 9.16. The van der Waals surface area contributed by atoms with Gasteiger partial charge in [-0.05, 0) is 23.6 Å². The maximum absolute atomic E-state index is 3.79. The maximum atomic E-state index is 3.79. The lowest BCUT2D eigenvalue weighted by atomic mass is 10.0. The maximum Gasteiger partial charge on any atom is 0.0373 e. The third kappa shape index (κ3) is 3.13. The van der Waals surface area contributed by atoms with E-state index in [1.807, 2.05) is 31.3 Å². The van der Waals surface area contributed by atoms with Crippen LogP contribution in [-0.2, 0) is 6.42 Å². The van der Waals surface area contributed by atoms with E-state index >= 15 is 0 Å². The van der Waals surface area contributed by atoms with Crippen molar-refractivity contribution in [1.29, 1.82) is 0 Å². The van der Waals surface area contributed by atoms with E-state index in [4.69, 9.17) is 0 Å². The SMILES string of the molecule is C=C/C=C(\C=C)Cc1ccccc1NC. The van der Waals surface area contributed by atoms with Crippen LogP contribution in [0.3, 0.4) is 0 Å². The van der Waals surface area contributed by atoms with E-state index in [9.17, 15) is 0 Å². The van der Waals surface area contributed by atoms with Crippen LogP contribution in [0.4, 0.5) is 5.69 Å². The number of hydrogen-bond acceptors (Lipinski definition) is 1. The summed E-state index contributed by atoms with van der Waals surface area (Å²) in [5.41, 5.74) is 3.61. The van der Waals surface area contributed by atoms with E-state index in [1.165, 1.54) is 11.1 Å². The van der Waals surface area contributed by atoms with Crippen LogP contribution in [0.5, 0.6) is 0 Å². The lowest BCUT2D eigenvalue weighted by molar-refractivity contribution is 1.19. The fraction of sp³-hybridized carbons (Fsp3) is 0.143. The second-order valence-corrected chi connectivity index (χ2v) is 3.27. The minimum absolute atomic E-state index is 0.881. The molecule has 0 spiro atoms. The summed E-state index contributed by atoms with van der Waals surface area (Å²) in [7, 11) is 1.93. The molecule has 0 fully saturated rings. The largest absolute Gasteiger partial charge is 0.388 e. The fourth-order valence-electron chi connectivity index (χ4n) is 1.49. The molecule has 1 aromatic carbocycles. The van der Waals surface area contributed by atoms with Crippen molar-refractivity contribution in [2.75, 3.05) is 12.4 Å². The normalized spacial score (nSPS) is 10.9. The van der Waals surface area contributed by atoms with Crippen LogP contribution < -0.4 is 5.32 Å². The monoisotopic (exact) mass is 199 g/mol. The molecule has 0 aliphatic heterocycles. The number of anilines is 1. The highest BCUT2D eigenvalue weighted by molar-refractivity contribution is 5.52. The van der Waals surface area contributed by atoms with Gasteiger partial charge in [-0.2, -0.15) is 0 Å². The van der Waals surface area contributed by atoms with E-state index in [1.54, 1.807) is 6.08 Å². The Hall–Kier alpha value is -1.76. The van der Waals surface area contributed by atoms with Crippen molar-refractivity contribution in [1.82, 2.24) is 0 Å². The van der Waals surface area contributed by atoms with E-state index in [0.717, 1.165) is 12.1 Å². The zero-order valence-electron chi connectivity index (χ0n) is 9.16. The predicted molar refractivity (Wildman–Crippen MR) is 68.2 cm³/mol. The summed E-state index contributed by atoms with van der Waals surface area (Å²) in [6.07, 6.45) is 6.53. The summed E-state index contributed by atoms with van der Waals surface area (Å²) in [4.78, 5) is 0. The van der Waals surface area contributed by atoms with Crippen LogP contribution >= 0.6 is 0 Å². The third-order valence-electron chi connectivity index (χ3n) is 2.28. The van der Waals surface area contributed by atoms with Crippen LogP contribution in [0.15, 0.2) is 61.2 Å². The summed E-state index contributed by atoms with van der Waals surface area (Å²) in [5, 5.41) is 3.18. The minimum Gasteiger partial charge on any atom is -0.388 e. The summed E-state index contributed by atoms with van der Waals surface area (Å²) in [6, 6.07) is 8.27. The predicted octanol–water partition coefficient (Wildman–Crippen LogP) is 3.57. The molecule has 1 aromatic rings. The molecule has 1 rings (SSSR count). The molecule has 0 atom stereocenters. The molecular weight excluding hydrogens is 182 g/mol. The fourth-order valence-corrected chi connectivity index (χ4v) is 1.49. The average molecular weight is 199 g/mol. The Morgan fingerprint density at radius 2 is 2.07 bits per heavy atom. The summed E-state index contributed by atoms with van der Waals surface area (Å²) < 4.78 is 0. The Bertz CT molecular complexity index is 375.